The van der Waals surface area contributed by atoms with Gasteiger partial charge in [0.05, 0.1) is 14.2 Å². The molecule has 0 fully saturated rings. The van der Waals surface area contributed by atoms with E-state index in [1.807, 2.05) is 39.0 Å². The van der Waals surface area contributed by atoms with E-state index in [1.165, 1.54) is 0 Å². The summed E-state index contributed by atoms with van der Waals surface area (Å²) < 4.78 is 16.3. The molecule has 0 saturated carbocycles. The van der Waals surface area contributed by atoms with Crippen molar-refractivity contribution in [2.75, 3.05) is 19.5 Å². The number of methoxy groups -OCH3 is 2. The van der Waals surface area contributed by atoms with Crippen LogP contribution < -0.4 is 14.8 Å². The lowest BCUT2D eigenvalue weighted by atomic mass is 9.97. The lowest BCUT2D eigenvalue weighted by Crippen LogP contribution is -2.11. The van der Waals surface area contributed by atoms with Crippen molar-refractivity contribution in [3.63, 3.8) is 0 Å². The second-order valence-electron chi connectivity index (χ2n) is 5.67. The number of anilines is 1. The van der Waals surface area contributed by atoms with Crippen LogP contribution in [0.3, 0.4) is 0 Å². The first-order valence-corrected chi connectivity index (χ1v) is 6.73. The molecule has 0 spiro atoms. The molecule has 1 aromatic heterocycles. The summed E-state index contributed by atoms with van der Waals surface area (Å²) >= 11 is 0. The number of para-hydroxylation sites is 1. The Morgan fingerprint density at radius 3 is 2.48 bits per heavy atom. The van der Waals surface area contributed by atoms with Crippen LogP contribution in [-0.2, 0) is 12.0 Å². The standard InChI is InChI=1S/C15H21N3O3/c1-15(2,3)13-17-18-14(21-13)16-9-10-7-6-8-11(19-4)12(10)20-5/h6-8H,9H2,1-5H3,(H,16,18). The Morgan fingerprint density at radius 1 is 1.14 bits per heavy atom. The Kier molecular flexibility index (Phi) is 4.35. The highest BCUT2D eigenvalue weighted by Gasteiger charge is 2.21. The van der Waals surface area contributed by atoms with Crippen LogP contribution in [0.4, 0.5) is 6.01 Å². The number of nitrogens with zero attached hydrogens (tertiary/aromatic N) is 2. The number of rotatable bonds is 5. The molecule has 1 N–H and O–H groups in total. The maximum Gasteiger partial charge on any atom is 0.315 e. The predicted octanol–water partition coefficient (Wildman–Crippen LogP) is 3.00. The van der Waals surface area contributed by atoms with E-state index in [2.05, 4.69) is 15.5 Å². The van der Waals surface area contributed by atoms with Gasteiger partial charge in [-0.2, -0.15) is 0 Å². The van der Waals surface area contributed by atoms with Gasteiger partial charge < -0.3 is 19.2 Å². The highest BCUT2D eigenvalue weighted by atomic mass is 16.5. The van der Waals surface area contributed by atoms with E-state index in [4.69, 9.17) is 13.9 Å². The molecule has 0 atom stereocenters. The largest absolute Gasteiger partial charge is 0.493 e. The molecule has 0 aliphatic heterocycles. The van der Waals surface area contributed by atoms with Crippen molar-refractivity contribution < 1.29 is 13.9 Å². The van der Waals surface area contributed by atoms with E-state index >= 15 is 0 Å². The Labute approximate surface area is 124 Å². The van der Waals surface area contributed by atoms with Crippen molar-refractivity contribution in [2.24, 2.45) is 0 Å². The van der Waals surface area contributed by atoms with Gasteiger partial charge in [-0.15, -0.1) is 5.10 Å². The first-order valence-electron chi connectivity index (χ1n) is 6.73. The van der Waals surface area contributed by atoms with Crippen LogP contribution in [0.5, 0.6) is 11.5 Å². The average molecular weight is 291 g/mol. The topological polar surface area (TPSA) is 69.4 Å². The lowest BCUT2D eigenvalue weighted by Gasteiger charge is -2.13. The van der Waals surface area contributed by atoms with Crippen LogP contribution >= 0.6 is 0 Å². The Balaban J connectivity index is 2.11. The molecule has 0 bridgehead atoms. The molecule has 2 rings (SSSR count). The molecule has 6 nitrogen and oxygen atoms in total. The van der Waals surface area contributed by atoms with E-state index in [0.717, 1.165) is 5.56 Å². The maximum atomic E-state index is 5.59. The summed E-state index contributed by atoms with van der Waals surface area (Å²) in [4.78, 5) is 0. The van der Waals surface area contributed by atoms with Crippen LogP contribution in [0.25, 0.3) is 0 Å². The minimum absolute atomic E-state index is 0.166. The minimum Gasteiger partial charge on any atom is -0.493 e. The zero-order valence-electron chi connectivity index (χ0n) is 13.1. The monoisotopic (exact) mass is 291 g/mol. The van der Waals surface area contributed by atoms with Gasteiger partial charge in [-0.05, 0) is 6.07 Å². The van der Waals surface area contributed by atoms with Crippen LogP contribution in [0.1, 0.15) is 32.2 Å². The molecule has 114 valence electrons. The van der Waals surface area contributed by atoms with E-state index in [1.54, 1.807) is 14.2 Å². The molecule has 1 heterocycles. The third kappa shape index (κ3) is 3.45. The lowest BCUT2D eigenvalue weighted by molar-refractivity contribution is 0.352. The van der Waals surface area contributed by atoms with Gasteiger partial charge in [0.15, 0.2) is 11.5 Å². The number of aromatic nitrogens is 2. The Morgan fingerprint density at radius 2 is 1.90 bits per heavy atom. The number of benzene rings is 1. The van der Waals surface area contributed by atoms with Gasteiger partial charge in [-0.1, -0.05) is 38.0 Å². The third-order valence-electron chi connectivity index (χ3n) is 2.98. The highest BCUT2D eigenvalue weighted by molar-refractivity contribution is 5.47. The fraction of sp³-hybridized carbons (Fsp3) is 0.467. The van der Waals surface area contributed by atoms with Gasteiger partial charge in [0.2, 0.25) is 5.89 Å². The molecule has 1 aromatic carbocycles. The van der Waals surface area contributed by atoms with Crippen molar-refractivity contribution in [3.8, 4) is 11.5 Å². The second-order valence-corrected chi connectivity index (χ2v) is 5.67. The summed E-state index contributed by atoms with van der Waals surface area (Å²) in [6, 6.07) is 6.11. The summed E-state index contributed by atoms with van der Waals surface area (Å²) in [7, 11) is 3.23. The molecule has 0 radical (unpaired) electrons. The van der Waals surface area contributed by atoms with E-state index in [-0.39, 0.29) is 5.41 Å². The fourth-order valence-corrected chi connectivity index (χ4v) is 1.86. The SMILES string of the molecule is COc1cccc(CNc2nnc(C(C)(C)C)o2)c1OC. The van der Waals surface area contributed by atoms with E-state index in [0.29, 0.717) is 29.9 Å². The summed E-state index contributed by atoms with van der Waals surface area (Å²) in [5.74, 6) is 1.99. The molecule has 0 saturated heterocycles. The number of hydrogen-bond donors (Lipinski definition) is 1. The molecule has 0 aliphatic rings. The summed E-state index contributed by atoms with van der Waals surface area (Å²) in [6.45, 7) is 6.58. The van der Waals surface area contributed by atoms with Crippen molar-refractivity contribution in [3.05, 3.63) is 29.7 Å². The number of hydrogen-bond acceptors (Lipinski definition) is 6. The molecular weight excluding hydrogens is 270 g/mol. The van der Waals surface area contributed by atoms with Crippen LogP contribution in [0.2, 0.25) is 0 Å². The highest BCUT2D eigenvalue weighted by Crippen LogP contribution is 2.31. The van der Waals surface area contributed by atoms with E-state index in [9.17, 15) is 0 Å². The minimum atomic E-state index is -0.166. The maximum absolute atomic E-state index is 5.59. The van der Waals surface area contributed by atoms with Gasteiger partial charge in [0.25, 0.3) is 0 Å². The van der Waals surface area contributed by atoms with Crippen molar-refractivity contribution in [1.82, 2.24) is 10.2 Å². The molecule has 2 aromatic rings. The first kappa shape index (κ1) is 15.2. The molecule has 0 amide bonds. The summed E-state index contributed by atoms with van der Waals surface area (Å²) in [6.07, 6.45) is 0. The number of nitrogens with one attached hydrogen (secondary N) is 1. The quantitative estimate of drug-likeness (QED) is 0.913. The van der Waals surface area contributed by atoms with Crippen LogP contribution in [-0.4, -0.2) is 24.4 Å². The zero-order chi connectivity index (χ0) is 15.5. The van der Waals surface area contributed by atoms with Crippen LogP contribution in [0, 0.1) is 0 Å². The molecule has 6 heteroatoms. The zero-order valence-corrected chi connectivity index (χ0v) is 13.1. The predicted molar refractivity (Wildman–Crippen MR) is 79.9 cm³/mol. The fourth-order valence-electron chi connectivity index (χ4n) is 1.86. The molecule has 0 aliphatic carbocycles. The summed E-state index contributed by atoms with van der Waals surface area (Å²) in [5, 5.41) is 11.1. The molecule has 21 heavy (non-hydrogen) atoms. The van der Waals surface area contributed by atoms with Gasteiger partial charge in [-0.25, -0.2) is 0 Å². The Hall–Kier alpha value is -2.24. The smallest absolute Gasteiger partial charge is 0.315 e. The Bertz CT molecular complexity index is 602. The first-order chi connectivity index (χ1) is 9.95. The number of ether oxygens (including phenoxy) is 2. The van der Waals surface area contributed by atoms with Gasteiger partial charge >= 0.3 is 6.01 Å². The van der Waals surface area contributed by atoms with Crippen LogP contribution in [0.15, 0.2) is 22.6 Å². The third-order valence-corrected chi connectivity index (χ3v) is 2.98. The van der Waals surface area contributed by atoms with Gasteiger partial charge in [-0.3, -0.25) is 0 Å². The van der Waals surface area contributed by atoms with Crippen molar-refractivity contribution in [1.29, 1.82) is 0 Å². The molecule has 0 unspecified atom stereocenters. The van der Waals surface area contributed by atoms with Crippen molar-refractivity contribution >= 4 is 6.01 Å². The van der Waals surface area contributed by atoms with Crippen molar-refractivity contribution in [2.45, 2.75) is 32.7 Å². The van der Waals surface area contributed by atoms with E-state index < -0.39 is 0 Å². The second kappa shape index (κ2) is 6.03. The van der Waals surface area contributed by atoms with Gasteiger partial charge in [0, 0.05) is 17.5 Å². The van der Waals surface area contributed by atoms with Gasteiger partial charge in [0.1, 0.15) is 0 Å². The normalized spacial score (nSPS) is 11.3. The molecular formula is C15H21N3O3. The average Bonchev–Trinajstić information content (AvgIpc) is 2.93. The summed E-state index contributed by atoms with van der Waals surface area (Å²) in [5.41, 5.74) is 0.785.